The number of aryl methyl sites for hydroxylation is 1. The topological polar surface area (TPSA) is 12.4 Å². The zero-order valence-corrected chi connectivity index (χ0v) is 13.1. The molecule has 0 heterocycles. The van der Waals surface area contributed by atoms with Gasteiger partial charge in [-0.15, -0.1) is 0 Å². The monoisotopic (exact) mass is 285 g/mol. The van der Waals surface area contributed by atoms with E-state index in [9.17, 15) is 0 Å². The summed E-state index contributed by atoms with van der Waals surface area (Å²) in [6, 6.07) is 4.69. The summed E-state index contributed by atoms with van der Waals surface area (Å²) in [6.45, 7) is 2.22. The van der Waals surface area contributed by atoms with Crippen LogP contribution in [0.1, 0.15) is 79.9 Å². The van der Waals surface area contributed by atoms with Crippen LogP contribution in [0.3, 0.4) is 0 Å². The maximum Gasteiger partial charge on any atom is 0.0809 e. The summed E-state index contributed by atoms with van der Waals surface area (Å²) in [4.78, 5) is 4.50. The maximum atomic E-state index is 4.92. The molecule has 0 amide bonds. The van der Waals surface area contributed by atoms with Crippen molar-refractivity contribution < 1.29 is 0 Å². The van der Waals surface area contributed by atoms with Gasteiger partial charge in [0, 0.05) is 0 Å². The Morgan fingerprint density at radius 1 is 0.950 bits per heavy atom. The molecule has 2 aliphatic rings. The average Bonchev–Trinajstić information content (AvgIpc) is 3.13. The Bertz CT molecular complexity index is 493. The maximum absolute atomic E-state index is 4.92. The van der Waals surface area contributed by atoms with Gasteiger partial charge in [-0.3, -0.25) is 0 Å². The lowest BCUT2D eigenvalue weighted by atomic mass is 9.87. The first kappa shape index (κ1) is 14.0. The van der Waals surface area contributed by atoms with Gasteiger partial charge < -0.3 is 0 Å². The summed E-state index contributed by atoms with van der Waals surface area (Å²) in [5.41, 5.74) is 5.45. The predicted octanol–water partition coefficient (Wildman–Crippen LogP) is 6.04. The zero-order valence-electron chi connectivity index (χ0n) is 12.3. The van der Waals surface area contributed by atoms with Crippen molar-refractivity contribution in [2.75, 3.05) is 0 Å². The molecular weight excluding hydrogens is 262 g/mol. The lowest BCUT2D eigenvalue weighted by Gasteiger charge is -2.20. The number of isothiocyanates is 1. The molecule has 0 spiro atoms. The van der Waals surface area contributed by atoms with E-state index < -0.39 is 0 Å². The number of rotatable bonds is 3. The second-order valence-electron chi connectivity index (χ2n) is 6.46. The normalized spacial score (nSPS) is 20.2. The molecule has 0 aromatic heterocycles. The van der Waals surface area contributed by atoms with Crippen molar-refractivity contribution in [1.29, 1.82) is 0 Å². The van der Waals surface area contributed by atoms with Crippen molar-refractivity contribution in [2.24, 2.45) is 4.99 Å². The molecule has 0 saturated heterocycles. The molecule has 0 unspecified atom stereocenters. The van der Waals surface area contributed by atoms with Crippen LogP contribution in [-0.4, -0.2) is 5.16 Å². The van der Waals surface area contributed by atoms with E-state index in [4.69, 9.17) is 12.2 Å². The van der Waals surface area contributed by atoms with Crippen molar-refractivity contribution in [3.8, 4) is 0 Å². The van der Waals surface area contributed by atoms with Gasteiger partial charge in [-0.25, -0.2) is 0 Å². The van der Waals surface area contributed by atoms with Crippen LogP contribution < -0.4 is 0 Å². The first-order valence-electron chi connectivity index (χ1n) is 8.02. The molecule has 2 fully saturated rings. The lowest BCUT2D eigenvalue weighted by molar-refractivity contribution is 0.701. The third kappa shape index (κ3) is 2.73. The van der Waals surface area contributed by atoms with E-state index in [0.29, 0.717) is 11.8 Å². The fraction of sp³-hybridized carbons (Fsp3) is 0.611. The van der Waals surface area contributed by atoms with Crippen LogP contribution in [0, 0.1) is 6.92 Å². The molecule has 3 rings (SSSR count). The smallest absolute Gasteiger partial charge is 0.0809 e. The Labute approximate surface area is 127 Å². The molecule has 0 N–H and O–H groups in total. The van der Waals surface area contributed by atoms with E-state index in [-0.39, 0.29) is 0 Å². The van der Waals surface area contributed by atoms with E-state index in [2.05, 4.69) is 29.2 Å². The number of thiocarbonyl (C=S) groups is 1. The van der Waals surface area contributed by atoms with E-state index in [1.165, 1.54) is 73.7 Å². The van der Waals surface area contributed by atoms with Crippen molar-refractivity contribution in [1.82, 2.24) is 0 Å². The molecule has 0 aliphatic heterocycles. The summed E-state index contributed by atoms with van der Waals surface area (Å²) < 4.78 is 0. The highest BCUT2D eigenvalue weighted by Crippen LogP contribution is 2.45. The van der Waals surface area contributed by atoms with Crippen LogP contribution in [-0.2, 0) is 0 Å². The molecule has 0 radical (unpaired) electrons. The molecule has 1 aromatic rings. The van der Waals surface area contributed by atoms with Crippen molar-refractivity contribution in [3.05, 3.63) is 28.8 Å². The minimum atomic E-state index is 0.692. The van der Waals surface area contributed by atoms with Gasteiger partial charge in [-0.2, -0.15) is 4.99 Å². The first-order valence-corrected chi connectivity index (χ1v) is 8.42. The molecule has 0 atom stereocenters. The van der Waals surface area contributed by atoms with Gasteiger partial charge in [0.25, 0.3) is 0 Å². The van der Waals surface area contributed by atoms with Crippen molar-refractivity contribution >= 4 is 23.1 Å². The highest BCUT2D eigenvalue weighted by Gasteiger charge is 2.26. The van der Waals surface area contributed by atoms with Crippen LogP contribution in [0.5, 0.6) is 0 Å². The van der Waals surface area contributed by atoms with Crippen LogP contribution in [0.25, 0.3) is 0 Å². The van der Waals surface area contributed by atoms with Crippen LogP contribution in [0.2, 0.25) is 0 Å². The van der Waals surface area contributed by atoms with Crippen LogP contribution >= 0.6 is 12.2 Å². The Morgan fingerprint density at radius 2 is 1.40 bits per heavy atom. The summed E-state index contributed by atoms with van der Waals surface area (Å²) in [5.74, 6) is 1.38. The van der Waals surface area contributed by atoms with Gasteiger partial charge in [0.15, 0.2) is 0 Å². The predicted molar refractivity (Wildman–Crippen MR) is 88.3 cm³/mol. The number of benzene rings is 1. The Balaban J connectivity index is 2.09. The molecule has 1 nitrogen and oxygen atoms in total. The van der Waals surface area contributed by atoms with Gasteiger partial charge in [0.2, 0.25) is 0 Å². The van der Waals surface area contributed by atoms with E-state index in [0.717, 1.165) is 0 Å². The summed E-state index contributed by atoms with van der Waals surface area (Å²) in [6.07, 6.45) is 10.7. The zero-order chi connectivity index (χ0) is 13.9. The first-order chi connectivity index (χ1) is 9.79. The molecule has 2 heteroatoms. The number of aliphatic imine (C=N–C) groups is 1. The molecule has 2 aliphatic carbocycles. The summed E-state index contributed by atoms with van der Waals surface area (Å²) in [7, 11) is 0. The SMILES string of the molecule is Cc1cc(C2CCCC2)c(N=C=S)c(C2CCCC2)c1. The van der Waals surface area contributed by atoms with Crippen LogP contribution in [0.15, 0.2) is 17.1 Å². The standard InChI is InChI=1S/C18H23NS/c1-13-10-16(14-6-2-3-7-14)18(19-12-20)17(11-13)15-8-4-5-9-15/h10-11,14-15H,2-9H2,1H3. The molecule has 2 saturated carbocycles. The van der Waals surface area contributed by atoms with Gasteiger partial charge in [-0.1, -0.05) is 43.4 Å². The van der Waals surface area contributed by atoms with Crippen LogP contribution in [0.4, 0.5) is 5.69 Å². The Morgan fingerprint density at radius 3 is 1.80 bits per heavy atom. The van der Waals surface area contributed by atoms with Crippen molar-refractivity contribution in [3.63, 3.8) is 0 Å². The minimum Gasteiger partial charge on any atom is -0.194 e. The fourth-order valence-corrected chi connectivity index (χ4v) is 4.20. The highest BCUT2D eigenvalue weighted by atomic mass is 32.1. The molecule has 20 heavy (non-hydrogen) atoms. The van der Waals surface area contributed by atoms with E-state index in [1.807, 2.05) is 0 Å². The number of hydrogen-bond acceptors (Lipinski definition) is 2. The second-order valence-corrected chi connectivity index (χ2v) is 6.64. The minimum absolute atomic E-state index is 0.692. The van der Waals surface area contributed by atoms with Gasteiger partial charge >= 0.3 is 0 Å². The number of hydrogen-bond donors (Lipinski definition) is 0. The summed E-state index contributed by atoms with van der Waals surface area (Å²) in [5, 5.41) is 2.64. The quantitative estimate of drug-likeness (QED) is 0.487. The fourth-order valence-electron chi connectivity index (χ4n) is 4.11. The highest BCUT2D eigenvalue weighted by molar-refractivity contribution is 7.78. The molecular formula is C18H23NS. The molecule has 0 bridgehead atoms. The van der Waals surface area contributed by atoms with E-state index in [1.54, 1.807) is 0 Å². The third-order valence-electron chi connectivity index (χ3n) is 5.06. The average molecular weight is 285 g/mol. The van der Waals surface area contributed by atoms with Crippen molar-refractivity contribution in [2.45, 2.75) is 70.1 Å². The second kappa shape index (κ2) is 6.20. The van der Waals surface area contributed by atoms with Gasteiger partial charge in [-0.05, 0) is 67.8 Å². The number of nitrogens with zero attached hydrogens (tertiary/aromatic N) is 1. The molecule has 106 valence electrons. The largest absolute Gasteiger partial charge is 0.194 e. The Hall–Kier alpha value is -0.980. The Kier molecular flexibility index (Phi) is 4.33. The molecule has 1 aromatic carbocycles. The third-order valence-corrected chi connectivity index (χ3v) is 5.15. The lowest BCUT2D eigenvalue weighted by Crippen LogP contribution is -2.01. The van der Waals surface area contributed by atoms with Gasteiger partial charge in [0.1, 0.15) is 0 Å². The van der Waals surface area contributed by atoms with E-state index >= 15 is 0 Å². The van der Waals surface area contributed by atoms with Gasteiger partial charge in [0.05, 0.1) is 10.8 Å². The summed E-state index contributed by atoms with van der Waals surface area (Å²) >= 11 is 4.92.